The fourth-order valence-electron chi connectivity index (χ4n) is 9.77. The molecule has 2 aromatic carbocycles. The number of fused-ring (bicyclic) bond motifs is 2. The molecule has 1 saturated heterocycles. The van der Waals surface area contributed by atoms with E-state index < -0.39 is 0 Å². The summed E-state index contributed by atoms with van der Waals surface area (Å²) >= 11 is 0. The summed E-state index contributed by atoms with van der Waals surface area (Å²) in [5, 5.41) is 0. The second-order valence-corrected chi connectivity index (χ2v) is 13.2. The summed E-state index contributed by atoms with van der Waals surface area (Å²) in [4.78, 5) is 2.95. The first-order chi connectivity index (χ1) is 17.1. The summed E-state index contributed by atoms with van der Waals surface area (Å²) in [6, 6.07) is 16.2. The number of ether oxygens (including phenoxy) is 2. The van der Waals surface area contributed by atoms with Gasteiger partial charge in [-0.25, -0.2) is 0 Å². The summed E-state index contributed by atoms with van der Waals surface area (Å²) < 4.78 is 13.7. The van der Waals surface area contributed by atoms with Crippen LogP contribution in [0.25, 0.3) is 0 Å². The maximum atomic E-state index is 7.19. The lowest BCUT2D eigenvalue weighted by atomic mass is 9.33. The Labute approximate surface area is 210 Å². The molecule has 0 radical (unpaired) electrons. The summed E-state index contributed by atoms with van der Waals surface area (Å²) in [5.41, 5.74) is 6.63. The zero-order valence-corrected chi connectivity index (χ0v) is 21.4. The largest absolute Gasteiger partial charge is 0.488 e. The van der Waals surface area contributed by atoms with Gasteiger partial charge in [0.15, 0.2) is 0 Å². The summed E-state index contributed by atoms with van der Waals surface area (Å²) in [6.45, 7) is 9.01. The number of hydrogen-bond donors (Lipinski definition) is 0. The topological polar surface area (TPSA) is 21.7 Å². The first-order valence-electron chi connectivity index (χ1n) is 14.2. The zero-order chi connectivity index (χ0) is 23.4. The van der Waals surface area contributed by atoms with E-state index in [0.717, 1.165) is 19.1 Å². The number of piperidine rings is 1. The van der Waals surface area contributed by atoms with Gasteiger partial charge < -0.3 is 9.47 Å². The second-order valence-electron chi connectivity index (χ2n) is 13.2. The van der Waals surface area contributed by atoms with Crippen molar-refractivity contribution in [2.24, 2.45) is 22.7 Å². The Balaban J connectivity index is 1.20. The number of likely N-dealkylation sites (tertiary alicyclic amines) is 1. The van der Waals surface area contributed by atoms with Crippen LogP contribution in [0.5, 0.6) is 5.75 Å². The van der Waals surface area contributed by atoms with Crippen LogP contribution in [0.1, 0.15) is 67.7 Å². The lowest BCUT2D eigenvalue weighted by molar-refractivity contribution is -0.241. The average Bonchev–Trinajstić information content (AvgIpc) is 3.60. The third-order valence-corrected chi connectivity index (χ3v) is 11.6. The van der Waals surface area contributed by atoms with Gasteiger partial charge in [0, 0.05) is 34.4 Å². The van der Waals surface area contributed by atoms with Crippen molar-refractivity contribution < 1.29 is 9.47 Å². The normalized spacial score (nSPS) is 40.5. The molecule has 3 heteroatoms. The van der Waals surface area contributed by atoms with Crippen LogP contribution in [0.15, 0.2) is 42.5 Å². The fourth-order valence-corrected chi connectivity index (χ4v) is 9.77. The van der Waals surface area contributed by atoms with Crippen LogP contribution in [0.4, 0.5) is 0 Å². The van der Waals surface area contributed by atoms with Crippen molar-refractivity contribution in [1.82, 2.24) is 4.90 Å². The highest BCUT2D eigenvalue weighted by Crippen LogP contribution is 2.77. The molecule has 184 valence electrons. The molecule has 4 saturated carbocycles. The van der Waals surface area contributed by atoms with Crippen molar-refractivity contribution in [2.75, 3.05) is 19.7 Å². The maximum Gasteiger partial charge on any atom is 0.126 e. The van der Waals surface area contributed by atoms with Gasteiger partial charge in [0.1, 0.15) is 11.9 Å². The molecule has 0 amide bonds. The van der Waals surface area contributed by atoms with Gasteiger partial charge in [-0.05, 0) is 86.9 Å². The third-order valence-electron chi connectivity index (χ3n) is 11.6. The highest BCUT2D eigenvalue weighted by Gasteiger charge is 2.78. The lowest BCUT2D eigenvalue weighted by Crippen LogP contribution is -2.78. The molecular weight excluding hydrogens is 430 g/mol. The van der Waals surface area contributed by atoms with Gasteiger partial charge >= 0.3 is 0 Å². The summed E-state index contributed by atoms with van der Waals surface area (Å²) in [5.74, 6) is 2.79. The Morgan fingerprint density at radius 3 is 2.74 bits per heavy atom. The molecule has 0 aromatic heterocycles. The van der Waals surface area contributed by atoms with Crippen molar-refractivity contribution in [2.45, 2.75) is 83.0 Å². The maximum absolute atomic E-state index is 7.19. The molecule has 0 N–H and O–H groups in total. The van der Waals surface area contributed by atoms with Gasteiger partial charge in [0.25, 0.3) is 0 Å². The molecule has 5 aliphatic carbocycles. The predicted molar refractivity (Wildman–Crippen MR) is 138 cm³/mol. The van der Waals surface area contributed by atoms with Crippen molar-refractivity contribution in [3.05, 3.63) is 64.7 Å². The van der Waals surface area contributed by atoms with Crippen molar-refractivity contribution in [1.29, 1.82) is 0 Å². The highest BCUT2D eigenvalue weighted by atomic mass is 16.5. The average molecular weight is 470 g/mol. The van der Waals surface area contributed by atoms with Gasteiger partial charge in [0.05, 0.1) is 13.2 Å². The molecule has 2 aliphatic heterocycles. The van der Waals surface area contributed by atoms with Crippen LogP contribution in [0.3, 0.4) is 0 Å². The minimum atomic E-state index is 0.182. The molecule has 4 bridgehead atoms. The summed E-state index contributed by atoms with van der Waals surface area (Å²) in [6.07, 6.45) is 9.69. The molecule has 35 heavy (non-hydrogen) atoms. The predicted octanol–water partition coefficient (Wildman–Crippen LogP) is 6.06. The van der Waals surface area contributed by atoms with E-state index in [-0.39, 0.29) is 10.8 Å². The molecule has 3 nitrogen and oxygen atoms in total. The Morgan fingerprint density at radius 2 is 1.91 bits per heavy atom. The molecule has 0 unspecified atom stereocenters. The summed E-state index contributed by atoms with van der Waals surface area (Å²) in [7, 11) is 0. The number of rotatable bonds is 6. The van der Waals surface area contributed by atoms with Crippen LogP contribution in [-0.2, 0) is 23.2 Å². The Kier molecular flexibility index (Phi) is 4.33. The molecule has 9 rings (SSSR count). The van der Waals surface area contributed by atoms with Gasteiger partial charge in [0.2, 0.25) is 0 Å². The van der Waals surface area contributed by atoms with E-state index in [0.29, 0.717) is 23.5 Å². The van der Waals surface area contributed by atoms with E-state index >= 15 is 0 Å². The smallest absolute Gasteiger partial charge is 0.126 e. The van der Waals surface area contributed by atoms with E-state index in [1.54, 1.807) is 11.1 Å². The Morgan fingerprint density at radius 1 is 1.06 bits per heavy atom. The van der Waals surface area contributed by atoms with Crippen molar-refractivity contribution >= 4 is 0 Å². The number of nitrogens with zero attached hydrogens (tertiary/aromatic N) is 1. The lowest BCUT2D eigenvalue weighted by Gasteiger charge is -2.74. The minimum Gasteiger partial charge on any atom is -0.488 e. The van der Waals surface area contributed by atoms with Gasteiger partial charge in [-0.15, -0.1) is 0 Å². The van der Waals surface area contributed by atoms with Gasteiger partial charge in [-0.2, -0.15) is 0 Å². The first-order valence-corrected chi connectivity index (χ1v) is 14.2. The van der Waals surface area contributed by atoms with E-state index in [1.807, 2.05) is 0 Å². The number of aryl methyl sites for hydroxylation is 1. The van der Waals surface area contributed by atoms with Crippen molar-refractivity contribution in [3.63, 3.8) is 0 Å². The van der Waals surface area contributed by atoms with Gasteiger partial charge in [-0.1, -0.05) is 49.4 Å². The van der Waals surface area contributed by atoms with Crippen LogP contribution in [-0.4, -0.2) is 36.7 Å². The molecule has 6 atom stereocenters. The Bertz CT molecular complexity index is 1170. The standard InChI is InChI=1S/C32H39NO2/c1-21-8-11-24-16-26-31-13-12-30(2,25(17-31)20-34-19-23-6-4-3-5-7-23)29-32(31,27(24)28(21)35-29)14-15-33(26)18-22-9-10-22/h3-8,11,22,25-26,29H,9-10,12-20H2,1-2H3/t25-,26-,29+,30+,31-,32+/m1/s1. The molecule has 2 spiro atoms. The quantitative estimate of drug-likeness (QED) is 0.513. The molecule has 7 aliphatic rings. The molecule has 5 fully saturated rings. The monoisotopic (exact) mass is 469 g/mol. The van der Waals surface area contributed by atoms with E-state index in [4.69, 9.17) is 9.47 Å². The molecule has 2 heterocycles. The fraction of sp³-hybridized carbons (Fsp3) is 0.625. The van der Waals surface area contributed by atoms with Crippen LogP contribution < -0.4 is 4.74 Å². The van der Waals surface area contributed by atoms with Crippen LogP contribution >= 0.6 is 0 Å². The molecule has 2 aromatic rings. The minimum absolute atomic E-state index is 0.182. The van der Waals surface area contributed by atoms with Crippen molar-refractivity contribution in [3.8, 4) is 5.75 Å². The SMILES string of the molecule is Cc1ccc2c3c1O[C@H]1[C@@]4(C)CC[C@@]5(C[C@@H]4COCc4ccccc4)[C@@H](C2)N(CC2CC2)CC[C@]315. The van der Waals surface area contributed by atoms with Crippen LogP contribution in [0.2, 0.25) is 0 Å². The van der Waals surface area contributed by atoms with Crippen LogP contribution in [0, 0.1) is 29.6 Å². The van der Waals surface area contributed by atoms with Gasteiger partial charge in [-0.3, -0.25) is 4.90 Å². The second kappa shape index (κ2) is 7.13. The van der Waals surface area contributed by atoms with E-state index in [9.17, 15) is 0 Å². The third kappa shape index (κ3) is 2.65. The highest BCUT2D eigenvalue weighted by molar-refractivity contribution is 5.60. The van der Waals surface area contributed by atoms with E-state index in [1.165, 1.54) is 74.9 Å². The zero-order valence-electron chi connectivity index (χ0n) is 21.4. The number of benzene rings is 2. The first kappa shape index (κ1) is 21.3. The van der Waals surface area contributed by atoms with E-state index in [2.05, 4.69) is 61.2 Å². The Hall–Kier alpha value is -1.84. The molecular formula is C32H39NO2. The number of hydrogen-bond acceptors (Lipinski definition) is 3.